The number of carbonyl (C=O) groups is 2. The highest BCUT2D eigenvalue weighted by atomic mass is 16.5. The van der Waals surface area contributed by atoms with Gasteiger partial charge in [0.2, 0.25) is 11.8 Å². The Morgan fingerprint density at radius 3 is 2.21 bits per heavy atom. The van der Waals surface area contributed by atoms with Crippen LogP contribution in [0, 0.1) is 0 Å². The maximum atomic E-state index is 11.8. The molecule has 6 heteroatoms. The zero-order valence-corrected chi connectivity index (χ0v) is 12.4. The van der Waals surface area contributed by atoms with Crippen molar-refractivity contribution in [3.05, 3.63) is 0 Å². The summed E-state index contributed by atoms with van der Waals surface area (Å²) in [6, 6.07) is 0. The first-order valence-electron chi connectivity index (χ1n) is 6.62. The smallest absolute Gasteiger partial charge is 0.248 e. The Hall–Kier alpha value is -1.14. The molecule has 1 saturated heterocycles. The fourth-order valence-electron chi connectivity index (χ4n) is 2.03. The van der Waals surface area contributed by atoms with Crippen LogP contribution < -0.4 is 5.32 Å². The second-order valence-corrected chi connectivity index (χ2v) is 5.89. The Kier molecular flexibility index (Phi) is 5.75. The summed E-state index contributed by atoms with van der Waals surface area (Å²) in [5, 5.41) is 2.94. The summed E-state index contributed by atoms with van der Waals surface area (Å²) in [6.45, 7) is 9.19. The summed E-state index contributed by atoms with van der Waals surface area (Å²) >= 11 is 0. The Morgan fingerprint density at radius 1 is 1.16 bits per heavy atom. The van der Waals surface area contributed by atoms with Crippen molar-refractivity contribution in [2.75, 3.05) is 46.4 Å². The van der Waals surface area contributed by atoms with E-state index in [2.05, 4.69) is 10.2 Å². The lowest BCUT2D eigenvalue weighted by Gasteiger charge is -2.34. The van der Waals surface area contributed by atoms with Crippen molar-refractivity contribution < 1.29 is 14.3 Å². The molecule has 0 unspecified atom stereocenters. The molecule has 0 saturated carbocycles. The molecule has 0 aromatic carbocycles. The van der Waals surface area contributed by atoms with Gasteiger partial charge in [0, 0.05) is 38.8 Å². The average Bonchev–Trinajstić information content (AvgIpc) is 2.27. The second-order valence-electron chi connectivity index (χ2n) is 5.89. The van der Waals surface area contributed by atoms with Gasteiger partial charge in [-0.25, -0.2) is 0 Å². The van der Waals surface area contributed by atoms with Gasteiger partial charge in [-0.3, -0.25) is 14.5 Å². The molecule has 110 valence electrons. The van der Waals surface area contributed by atoms with Crippen LogP contribution in [0.3, 0.4) is 0 Å². The lowest BCUT2D eigenvalue weighted by molar-refractivity contribution is -0.137. The maximum Gasteiger partial charge on any atom is 0.248 e. The number of methoxy groups -OCH3 is 1. The minimum absolute atomic E-state index is 0.0151. The summed E-state index contributed by atoms with van der Waals surface area (Å²) in [5.74, 6) is 0.0467. The highest BCUT2D eigenvalue weighted by Gasteiger charge is 2.23. The van der Waals surface area contributed by atoms with Crippen molar-refractivity contribution in [1.29, 1.82) is 0 Å². The van der Waals surface area contributed by atoms with E-state index in [1.807, 2.05) is 20.8 Å². The van der Waals surface area contributed by atoms with Crippen LogP contribution in [0.15, 0.2) is 0 Å². The molecule has 0 aliphatic carbocycles. The minimum Gasteiger partial charge on any atom is -0.375 e. The third-order valence-electron chi connectivity index (χ3n) is 2.87. The molecule has 1 aliphatic heterocycles. The number of rotatable bonds is 4. The van der Waals surface area contributed by atoms with Crippen molar-refractivity contribution in [3.8, 4) is 0 Å². The SMILES string of the molecule is COCC(=O)N1CCN(CC(=O)NC(C)(C)C)CC1. The largest absolute Gasteiger partial charge is 0.375 e. The van der Waals surface area contributed by atoms with Crippen molar-refractivity contribution in [2.24, 2.45) is 0 Å². The number of ether oxygens (including phenoxy) is 1. The standard InChI is InChI=1S/C13H25N3O3/c1-13(2,3)14-11(17)9-15-5-7-16(8-6-15)12(18)10-19-4/h5-10H2,1-4H3,(H,14,17). The maximum absolute atomic E-state index is 11.8. The third-order valence-corrected chi connectivity index (χ3v) is 2.87. The first-order chi connectivity index (χ1) is 8.81. The molecule has 2 amide bonds. The van der Waals surface area contributed by atoms with Crippen molar-refractivity contribution >= 4 is 11.8 Å². The van der Waals surface area contributed by atoms with Gasteiger partial charge in [0.25, 0.3) is 0 Å². The van der Waals surface area contributed by atoms with E-state index in [0.717, 1.165) is 13.1 Å². The van der Waals surface area contributed by atoms with Gasteiger partial charge in [0.15, 0.2) is 0 Å². The molecule has 0 bridgehead atoms. The number of nitrogens with zero attached hydrogens (tertiary/aromatic N) is 2. The van der Waals surface area contributed by atoms with E-state index >= 15 is 0 Å². The van der Waals surface area contributed by atoms with E-state index in [0.29, 0.717) is 19.6 Å². The Labute approximate surface area is 115 Å². The van der Waals surface area contributed by atoms with E-state index in [1.165, 1.54) is 7.11 Å². The van der Waals surface area contributed by atoms with Crippen molar-refractivity contribution in [3.63, 3.8) is 0 Å². The quantitative estimate of drug-likeness (QED) is 0.762. The first kappa shape index (κ1) is 15.9. The predicted molar refractivity (Wildman–Crippen MR) is 72.8 cm³/mol. The number of piperazine rings is 1. The van der Waals surface area contributed by atoms with Gasteiger partial charge in [-0.05, 0) is 20.8 Å². The van der Waals surface area contributed by atoms with Crippen molar-refractivity contribution in [1.82, 2.24) is 15.1 Å². The number of hydrogen-bond donors (Lipinski definition) is 1. The van der Waals surface area contributed by atoms with Crippen LogP contribution in [0.1, 0.15) is 20.8 Å². The molecule has 6 nitrogen and oxygen atoms in total. The van der Waals surface area contributed by atoms with Crippen LogP contribution in [0.4, 0.5) is 0 Å². The number of hydrogen-bond acceptors (Lipinski definition) is 4. The number of nitrogens with one attached hydrogen (secondary N) is 1. The molecule has 1 fully saturated rings. The molecule has 0 aromatic heterocycles. The lowest BCUT2D eigenvalue weighted by atomic mass is 10.1. The Bertz CT molecular complexity index is 318. The molecule has 0 atom stereocenters. The molecular formula is C13H25N3O3. The van der Waals surface area contributed by atoms with Crippen LogP contribution in [-0.4, -0.2) is 73.6 Å². The molecule has 0 radical (unpaired) electrons. The van der Waals surface area contributed by atoms with E-state index in [9.17, 15) is 9.59 Å². The van der Waals surface area contributed by atoms with Crippen LogP contribution in [0.25, 0.3) is 0 Å². The summed E-state index contributed by atoms with van der Waals surface area (Å²) < 4.78 is 4.83. The van der Waals surface area contributed by atoms with Crippen LogP contribution >= 0.6 is 0 Å². The molecular weight excluding hydrogens is 246 g/mol. The summed E-state index contributed by atoms with van der Waals surface area (Å²) in [4.78, 5) is 27.3. The van der Waals surface area contributed by atoms with Crippen LogP contribution in [0.5, 0.6) is 0 Å². The number of carbonyl (C=O) groups excluding carboxylic acids is 2. The minimum atomic E-state index is -0.201. The average molecular weight is 271 g/mol. The molecule has 1 rings (SSSR count). The third kappa shape index (κ3) is 6.02. The highest BCUT2D eigenvalue weighted by Crippen LogP contribution is 2.03. The fourth-order valence-corrected chi connectivity index (χ4v) is 2.03. The van der Waals surface area contributed by atoms with Crippen LogP contribution in [-0.2, 0) is 14.3 Å². The predicted octanol–water partition coefficient (Wildman–Crippen LogP) is -0.308. The molecule has 19 heavy (non-hydrogen) atoms. The molecule has 0 aromatic rings. The zero-order chi connectivity index (χ0) is 14.5. The van der Waals surface area contributed by atoms with E-state index in [1.54, 1.807) is 4.90 Å². The van der Waals surface area contributed by atoms with Gasteiger partial charge >= 0.3 is 0 Å². The van der Waals surface area contributed by atoms with Gasteiger partial charge in [-0.1, -0.05) is 0 Å². The first-order valence-corrected chi connectivity index (χ1v) is 6.62. The second kappa shape index (κ2) is 6.86. The summed E-state index contributed by atoms with van der Waals surface area (Å²) in [7, 11) is 1.52. The van der Waals surface area contributed by atoms with Crippen molar-refractivity contribution in [2.45, 2.75) is 26.3 Å². The van der Waals surface area contributed by atoms with E-state index < -0.39 is 0 Å². The van der Waals surface area contributed by atoms with Gasteiger partial charge in [0.05, 0.1) is 6.54 Å². The highest BCUT2D eigenvalue weighted by molar-refractivity contribution is 5.79. The van der Waals surface area contributed by atoms with Crippen LogP contribution in [0.2, 0.25) is 0 Å². The normalized spacial score (nSPS) is 17.4. The molecule has 1 aliphatic rings. The molecule has 1 heterocycles. The lowest BCUT2D eigenvalue weighted by Crippen LogP contribution is -2.53. The molecule has 1 N–H and O–H groups in total. The van der Waals surface area contributed by atoms with E-state index in [-0.39, 0.29) is 24.0 Å². The van der Waals surface area contributed by atoms with Gasteiger partial charge in [0.1, 0.15) is 6.61 Å². The molecule has 0 spiro atoms. The Morgan fingerprint density at radius 2 is 1.74 bits per heavy atom. The number of amides is 2. The zero-order valence-electron chi connectivity index (χ0n) is 12.4. The summed E-state index contributed by atoms with van der Waals surface area (Å²) in [6.07, 6.45) is 0. The topological polar surface area (TPSA) is 61.9 Å². The fraction of sp³-hybridized carbons (Fsp3) is 0.846. The van der Waals surface area contributed by atoms with Gasteiger partial charge < -0.3 is 15.0 Å². The summed E-state index contributed by atoms with van der Waals surface area (Å²) in [5.41, 5.74) is -0.201. The Balaban J connectivity index is 2.30. The van der Waals surface area contributed by atoms with Gasteiger partial charge in [-0.15, -0.1) is 0 Å². The van der Waals surface area contributed by atoms with E-state index in [4.69, 9.17) is 4.74 Å². The van der Waals surface area contributed by atoms with Gasteiger partial charge in [-0.2, -0.15) is 0 Å². The monoisotopic (exact) mass is 271 g/mol.